The van der Waals surface area contributed by atoms with Crippen molar-refractivity contribution in [3.8, 4) is 0 Å². The summed E-state index contributed by atoms with van der Waals surface area (Å²) in [6, 6.07) is 19.5. The summed E-state index contributed by atoms with van der Waals surface area (Å²) in [7, 11) is 2.11. The molecule has 1 aliphatic heterocycles. The first-order chi connectivity index (χ1) is 14.2. The van der Waals surface area contributed by atoms with E-state index in [1.54, 1.807) is 0 Å². The zero-order valence-electron chi connectivity index (χ0n) is 17.4. The van der Waals surface area contributed by atoms with Crippen LogP contribution in [0.4, 0.5) is 0 Å². The molecule has 1 atom stereocenters. The van der Waals surface area contributed by atoms with Crippen LogP contribution in [0.3, 0.4) is 0 Å². The molecule has 4 rings (SSSR count). The molecule has 1 fully saturated rings. The van der Waals surface area contributed by atoms with Gasteiger partial charge in [-0.2, -0.15) is 0 Å². The van der Waals surface area contributed by atoms with E-state index in [1.807, 2.05) is 6.07 Å². The van der Waals surface area contributed by atoms with Gasteiger partial charge in [0.15, 0.2) is 0 Å². The highest BCUT2D eigenvalue weighted by molar-refractivity contribution is 5.75. The number of aryl methyl sites for hydroxylation is 2. The number of hydrogen-bond donors (Lipinski definition) is 1. The number of para-hydroxylation sites is 2. The lowest BCUT2D eigenvalue weighted by molar-refractivity contribution is 0.0531. The van der Waals surface area contributed by atoms with Crippen LogP contribution >= 0.6 is 0 Å². The lowest BCUT2D eigenvalue weighted by Crippen LogP contribution is -2.53. The van der Waals surface area contributed by atoms with Crippen LogP contribution in [-0.2, 0) is 20.0 Å². The average Bonchev–Trinajstić information content (AvgIpc) is 3.06. The van der Waals surface area contributed by atoms with Crippen LogP contribution in [0.25, 0.3) is 11.0 Å². The zero-order valence-corrected chi connectivity index (χ0v) is 17.4. The van der Waals surface area contributed by atoms with E-state index >= 15 is 0 Å². The summed E-state index contributed by atoms with van der Waals surface area (Å²) in [4.78, 5) is 9.91. The Morgan fingerprint density at radius 3 is 2.62 bits per heavy atom. The Balaban J connectivity index is 1.35. The Kier molecular flexibility index (Phi) is 6.60. The van der Waals surface area contributed by atoms with E-state index in [9.17, 15) is 5.11 Å². The third kappa shape index (κ3) is 4.86. The zero-order chi connectivity index (χ0) is 20.1. The van der Waals surface area contributed by atoms with E-state index in [-0.39, 0.29) is 6.61 Å². The van der Waals surface area contributed by atoms with E-state index in [0.29, 0.717) is 6.04 Å². The molecule has 5 nitrogen and oxygen atoms in total. The topological polar surface area (TPSA) is 44.5 Å². The van der Waals surface area contributed by atoms with Crippen molar-refractivity contribution in [2.24, 2.45) is 7.05 Å². The highest BCUT2D eigenvalue weighted by Gasteiger charge is 2.27. The molecule has 0 unspecified atom stereocenters. The van der Waals surface area contributed by atoms with Gasteiger partial charge < -0.3 is 9.67 Å². The average molecular weight is 393 g/mol. The van der Waals surface area contributed by atoms with Crippen molar-refractivity contribution in [2.45, 2.75) is 31.8 Å². The van der Waals surface area contributed by atoms with Crippen molar-refractivity contribution in [2.75, 3.05) is 32.8 Å². The normalized spacial score (nSPS) is 18.5. The molecule has 0 spiro atoms. The lowest BCUT2D eigenvalue weighted by atomic mass is 10.1. The van der Waals surface area contributed by atoms with Gasteiger partial charge >= 0.3 is 0 Å². The van der Waals surface area contributed by atoms with Crippen LogP contribution in [0, 0.1) is 0 Å². The summed E-state index contributed by atoms with van der Waals surface area (Å²) in [5, 5.41) is 9.59. The van der Waals surface area contributed by atoms with Gasteiger partial charge in [-0.1, -0.05) is 42.5 Å². The molecule has 1 aromatic heterocycles. The number of imidazole rings is 1. The summed E-state index contributed by atoms with van der Waals surface area (Å²) in [5.41, 5.74) is 3.66. The molecule has 29 heavy (non-hydrogen) atoms. The molecule has 0 amide bonds. The summed E-state index contributed by atoms with van der Waals surface area (Å²) in [6.07, 6.45) is 3.12. The van der Waals surface area contributed by atoms with Gasteiger partial charge in [-0.25, -0.2) is 4.98 Å². The first-order valence-corrected chi connectivity index (χ1v) is 10.8. The van der Waals surface area contributed by atoms with Gasteiger partial charge in [-0.15, -0.1) is 0 Å². The minimum absolute atomic E-state index is 0.250. The molecule has 1 saturated heterocycles. The van der Waals surface area contributed by atoms with Crippen molar-refractivity contribution in [3.63, 3.8) is 0 Å². The fourth-order valence-corrected chi connectivity index (χ4v) is 4.49. The van der Waals surface area contributed by atoms with Crippen LogP contribution in [0.2, 0.25) is 0 Å². The molecule has 5 heteroatoms. The van der Waals surface area contributed by atoms with Gasteiger partial charge in [-0.3, -0.25) is 9.80 Å². The number of benzene rings is 2. The Bertz CT molecular complexity index is 908. The molecule has 3 aromatic rings. The van der Waals surface area contributed by atoms with Crippen LogP contribution in [0.1, 0.15) is 24.2 Å². The summed E-state index contributed by atoms with van der Waals surface area (Å²) in [6.45, 7) is 5.32. The van der Waals surface area contributed by atoms with E-state index in [0.717, 1.165) is 63.3 Å². The number of fused-ring (bicyclic) bond motifs is 1. The Morgan fingerprint density at radius 2 is 1.83 bits per heavy atom. The van der Waals surface area contributed by atoms with Gasteiger partial charge in [-0.05, 0) is 43.5 Å². The predicted molar refractivity (Wildman–Crippen MR) is 118 cm³/mol. The summed E-state index contributed by atoms with van der Waals surface area (Å²) in [5.74, 6) is 1.12. The molecule has 1 N–H and O–H groups in total. The maximum atomic E-state index is 9.59. The number of aliphatic hydroxyl groups excluding tert-OH is 1. The minimum atomic E-state index is 0.250. The number of aliphatic hydroxyl groups is 1. The van der Waals surface area contributed by atoms with Gasteiger partial charge in [0.1, 0.15) is 5.82 Å². The minimum Gasteiger partial charge on any atom is -0.396 e. The first-order valence-electron chi connectivity index (χ1n) is 10.8. The second-order valence-corrected chi connectivity index (χ2v) is 8.10. The molecule has 2 aromatic carbocycles. The van der Waals surface area contributed by atoms with Crippen LogP contribution in [-0.4, -0.2) is 63.3 Å². The molecule has 0 radical (unpaired) electrons. The highest BCUT2D eigenvalue weighted by Crippen LogP contribution is 2.19. The second-order valence-electron chi connectivity index (χ2n) is 8.10. The molecular weight excluding hydrogens is 360 g/mol. The lowest BCUT2D eigenvalue weighted by Gasteiger charge is -2.41. The molecule has 0 saturated carbocycles. The monoisotopic (exact) mass is 392 g/mol. The van der Waals surface area contributed by atoms with E-state index in [2.05, 4.69) is 69.9 Å². The quantitative estimate of drug-likeness (QED) is 0.640. The molecule has 2 heterocycles. The largest absolute Gasteiger partial charge is 0.396 e. The number of piperazine rings is 1. The predicted octanol–water partition coefficient (Wildman–Crippen LogP) is 3.07. The van der Waals surface area contributed by atoms with Crippen molar-refractivity contribution in [1.29, 1.82) is 0 Å². The van der Waals surface area contributed by atoms with E-state index in [1.165, 1.54) is 11.1 Å². The van der Waals surface area contributed by atoms with Crippen LogP contribution < -0.4 is 0 Å². The standard InChI is InChI=1S/C24H32N4O/c1-26-23-12-6-5-11-22(23)25-24(26)19-27-15-16-28(21(18-27)13-17-29)14-7-10-20-8-3-2-4-9-20/h2-6,8-9,11-12,21,29H,7,10,13-19H2,1H3/t21-/m0/s1. The van der Waals surface area contributed by atoms with Crippen molar-refractivity contribution < 1.29 is 5.11 Å². The molecule has 1 aliphatic rings. The van der Waals surface area contributed by atoms with Gasteiger partial charge in [0, 0.05) is 39.3 Å². The van der Waals surface area contributed by atoms with Crippen LogP contribution in [0.5, 0.6) is 0 Å². The number of rotatable bonds is 8. The smallest absolute Gasteiger partial charge is 0.123 e. The molecule has 0 bridgehead atoms. The van der Waals surface area contributed by atoms with E-state index in [4.69, 9.17) is 4.98 Å². The maximum Gasteiger partial charge on any atom is 0.123 e. The van der Waals surface area contributed by atoms with Gasteiger partial charge in [0.2, 0.25) is 0 Å². The fraction of sp³-hybridized carbons (Fsp3) is 0.458. The third-order valence-electron chi connectivity index (χ3n) is 6.15. The number of hydrogen-bond acceptors (Lipinski definition) is 4. The van der Waals surface area contributed by atoms with Crippen molar-refractivity contribution >= 4 is 11.0 Å². The maximum absolute atomic E-state index is 9.59. The third-order valence-corrected chi connectivity index (χ3v) is 6.15. The van der Waals surface area contributed by atoms with E-state index < -0.39 is 0 Å². The molecule has 0 aliphatic carbocycles. The number of aromatic nitrogens is 2. The fourth-order valence-electron chi connectivity index (χ4n) is 4.49. The van der Waals surface area contributed by atoms with Crippen LogP contribution in [0.15, 0.2) is 54.6 Å². The van der Waals surface area contributed by atoms with Gasteiger partial charge in [0.25, 0.3) is 0 Å². The Labute approximate surface area is 173 Å². The molecular formula is C24H32N4O. The number of nitrogens with zero attached hydrogens (tertiary/aromatic N) is 4. The SMILES string of the molecule is Cn1c(CN2CCN(CCCc3ccccc3)[C@@H](CCO)C2)nc2ccccc21. The second kappa shape index (κ2) is 9.53. The summed E-state index contributed by atoms with van der Waals surface area (Å²) >= 11 is 0. The highest BCUT2D eigenvalue weighted by atomic mass is 16.3. The van der Waals surface area contributed by atoms with Crippen molar-refractivity contribution in [3.05, 3.63) is 66.0 Å². The summed E-state index contributed by atoms with van der Waals surface area (Å²) < 4.78 is 2.21. The molecule has 154 valence electrons. The van der Waals surface area contributed by atoms with Gasteiger partial charge in [0.05, 0.1) is 17.6 Å². The van der Waals surface area contributed by atoms with Crippen molar-refractivity contribution in [1.82, 2.24) is 19.4 Å². The first kappa shape index (κ1) is 20.1. The Morgan fingerprint density at radius 1 is 1.03 bits per heavy atom. The Hall–Kier alpha value is -2.21.